The zero-order chi connectivity index (χ0) is 17.9. The Morgan fingerprint density at radius 3 is 2.85 bits per heavy atom. The maximum absolute atomic E-state index is 13.1. The minimum absolute atomic E-state index is 0.0514. The summed E-state index contributed by atoms with van der Waals surface area (Å²) in [5.41, 5.74) is 2.13. The monoisotopic (exact) mass is 351 g/mol. The first-order valence-corrected chi connectivity index (χ1v) is 8.47. The van der Waals surface area contributed by atoms with E-state index in [4.69, 9.17) is 0 Å². The largest absolute Gasteiger partial charge is 0.353 e. The van der Waals surface area contributed by atoms with Gasteiger partial charge >= 0.3 is 0 Å². The number of carbonyl (C=O) groups excluding carboxylic acids is 1. The summed E-state index contributed by atoms with van der Waals surface area (Å²) in [4.78, 5) is 18.4. The van der Waals surface area contributed by atoms with E-state index >= 15 is 0 Å². The first-order valence-electron chi connectivity index (χ1n) is 8.47. The van der Waals surface area contributed by atoms with E-state index in [0.29, 0.717) is 12.2 Å². The lowest BCUT2D eigenvalue weighted by molar-refractivity contribution is 0.0935. The van der Waals surface area contributed by atoms with Gasteiger partial charge in [0.25, 0.3) is 5.91 Å². The molecule has 0 radical (unpaired) electrons. The maximum Gasteiger partial charge on any atom is 0.270 e. The molecular weight excluding hydrogens is 333 g/mol. The van der Waals surface area contributed by atoms with E-state index in [1.807, 2.05) is 6.07 Å². The van der Waals surface area contributed by atoms with Gasteiger partial charge < -0.3 is 10.2 Å². The van der Waals surface area contributed by atoms with E-state index < -0.39 is 0 Å². The predicted molar refractivity (Wildman–Crippen MR) is 96.3 cm³/mol. The van der Waals surface area contributed by atoms with Crippen LogP contribution in [-0.2, 0) is 0 Å². The van der Waals surface area contributed by atoms with Crippen molar-refractivity contribution < 1.29 is 9.18 Å². The number of aromatic nitrogens is 3. The van der Waals surface area contributed by atoms with E-state index in [9.17, 15) is 9.18 Å². The third kappa shape index (κ3) is 3.42. The number of benzene rings is 1. The number of rotatable bonds is 4. The molecule has 132 valence electrons. The van der Waals surface area contributed by atoms with Gasteiger partial charge in [-0.15, -0.1) is 0 Å². The van der Waals surface area contributed by atoms with Crippen molar-refractivity contribution >= 4 is 11.7 Å². The maximum atomic E-state index is 13.1. The number of nitrogens with zero attached hydrogens (tertiary/aromatic N) is 3. The van der Waals surface area contributed by atoms with E-state index in [1.54, 1.807) is 36.5 Å². The SMILES string of the molecule is O=C(N[C@@H]1CCN(c2cc(-c3ccc(F)cc3)[nH]n2)C1)c1ccccn1. The van der Waals surface area contributed by atoms with Crippen molar-refractivity contribution in [3.05, 3.63) is 66.2 Å². The van der Waals surface area contributed by atoms with E-state index in [2.05, 4.69) is 25.4 Å². The molecule has 6 nitrogen and oxygen atoms in total. The van der Waals surface area contributed by atoms with Crippen LogP contribution in [-0.4, -0.2) is 40.2 Å². The number of nitrogens with one attached hydrogen (secondary N) is 2. The average Bonchev–Trinajstić information content (AvgIpc) is 3.32. The van der Waals surface area contributed by atoms with Crippen molar-refractivity contribution in [2.24, 2.45) is 0 Å². The first-order chi connectivity index (χ1) is 12.7. The van der Waals surface area contributed by atoms with Crippen molar-refractivity contribution in [3.8, 4) is 11.3 Å². The van der Waals surface area contributed by atoms with Crippen LogP contribution < -0.4 is 10.2 Å². The molecule has 1 aliphatic rings. The van der Waals surface area contributed by atoms with Crippen molar-refractivity contribution in [2.45, 2.75) is 12.5 Å². The standard InChI is InChI=1S/C19H18FN5O/c20-14-6-4-13(5-7-14)17-11-18(24-23-17)25-10-8-15(12-25)22-19(26)16-3-1-2-9-21-16/h1-7,9,11,15H,8,10,12H2,(H,22,26)(H,23,24)/t15-/m1/s1. The number of anilines is 1. The van der Waals surface area contributed by atoms with Gasteiger partial charge in [0.05, 0.1) is 5.69 Å². The van der Waals surface area contributed by atoms with Gasteiger partial charge in [-0.05, 0) is 48.4 Å². The third-order valence-corrected chi connectivity index (χ3v) is 4.46. The summed E-state index contributed by atoms with van der Waals surface area (Å²) in [7, 11) is 0. The quantitative estimate of drug-likeness (QED) is 0.758. The summed E-state index contributed by atoms with van der Waals surface area (Å²) >= 11 is 0. The number of hydrogen-bond donors (Lipinski definition) is 2. The summed E-state index contributed by atoms with van der Waals surface area (Å²) in [6.07, 6.45) is 2.45. The van der Waals surface area contributed by atoms with Crippen LogP contribution in [0.15, 0.2) is 54.7 Å². The van der Waals surface area contributed by atoms with E-state index in [1.165, 1.54) is 12.1 Å². The van der Waals surface area contributed by atoms with Gasteiger partial charge in [-0.2, -0.15) is 5.10 Å². The normalized spacial score (nSPS) is 16.7. The lowest BCUT2D eigenvalue weighted by atomic mass is 10.1. The third-order valence-electron chi connectivity index (χ3n) is 4.46. The molecule has 1 saturated heterocycles. The van der Waals surface area contributed by atoms with Crippen LogP contribution in [0.4, 0.5) is 10.2 Å². The average molecular weight is 351 g/mol. The first kappa shape index (κ1) is 16.3. The van der Waals surface area contributed by atoms with Crippen LogP contribution in [0, 0.1) is 5.82 Å². The fourth-order valence-corrected chi connectivity index (χ4v) is 3.09. The molecule has 1 amide bonds. The van der Waals surface area contributed by atoms with Crippen molar-refractivity contribution in [3.63, 3.8) is 0 Å². The molecule has 3 heterocycles. The molecule has 2 aromatic heterocycles. The molecule has 1 aromatic carbocycles. The Labute approximate surface area is 150 Å². The molecule has 26 heavy (non-hydrogen) atoms. The molecule has 1 fully saturated rings. The molecular formula is C19H18FN5O. The highest BCUT2D eigenvalue weighted by Gasteiger charge is 2.26. The summed E-state index contributed by atoms with van der Waals surface area (Å²) in [6, 6.07) is 13.5. The second kappa shape index (κ2) is 6.95. The van der Waals surface area contributed by atoms with Crippen LogP contribution in [0.25, 0.3) is 11.3 Å². The van der Waals surface area contributed by atoms with Crippen LogP contribution in [0.1, 0.15) is 16.9 Å². The fraction of sp³-hybridized carbons (Fsp3) is 0.211. The predicted octanol–water partition coefficient (Wildman–Crippen LogP) is 2.62. The van der Waals surface area contributed by atoms with Gasteiger partial charge in [-0.1, -0.05) is 6.07 Å². The summed E-state index contributed by atoms with van der Waals surface area (Å²) in [6.45, 7) is 1.49. The molecule has 0 bridgehead atoms. The van der Waals surface area contributed by atoms with Gasteiger partial charge in [0.1, 0.15) is 11.5 Å². The second-order valence-electron chi connectivity index (χ2n) is 6.27. The van der Waals surface area contributed by atoms with Crippen LogP contribution in [0.5, 0.6) is 0 Å². The molecule has 1 aliphatic heterocycles. The summed E-state index contributed by atoms with van der Waals surface area (Å²) < 4.78 is 13.1. The zero-order valence-corrected chi connectivity index (χ0v) is 14.0. The van der Waals surface area contributed by atoms with Crippen molar-refractivity contribution in [1.29, 1.82) is 0 Å². The number of carbonyl (C=O) groups is 1. The molecule has 4 rings (SSSR count). The van der Waals surface area contributed by atoms with Gasteiger partial charge in [0.2, 0.25) is 0 Å². The fourth-order valence-electron chi connectivity index (χ4n) is 3.09. The molecule has 3 aromatic rings. The summed E-state index contributed by atoms with van der Waals surface area (Å²) in [5, 5.41) is 10.4. The molecule has 0 saturated carbocycles. The Bertz CT molecular complexity index is 894. The highest BCUT2D eigenvalue weighted by atomic mass is 19.1. The highest BCUT2D eigenvalue weighted by Crippen LogP contribution is 2.24. The van der Waals surface area contributed by atoms with E-state index in [0.717, 1.165) is 30.0 Å². The molecule has 2 N–H and O–H groups in total. The molecule has 0 spiro atoms. The smallest absolute Gasteiger partial charge is 0.270 e. The number of aromatic amines is 1. The Balaban J connectivity index is 1.40. The molecule has 7 heteroatoms. The van der Waals surface area contributed by atoms with Crippen LogP contribution in [0.2, 0.25) is 0 Å². The molecule has 0 unspecified atom stereocenters. The minimum Gasteiger partial charge on any atom is -0.353 e. The Hall–Kier alpha value is -3.22. The zero-order valence-electron chi connectivity index (χ0n) is 14.0. The highest BCUT2D eigenvalue weighted by molar-refractivity contribution is 5.92. The van der Waals surface area contributed by atoms with Crippen LogP contribution >= 0.6 is 0 Å². The lowest BCUT2D eigenvalue weighted by Crippen LogP contribution is -2.37. The second-order valence-corrected chi connectivity index (χ2v) is 6.27. The molecule has 0 aliphatic carbocycles. The van der Waals surface area contributed by atoms with Gasteiger partial charge in [0.15, 0.2) is 5.82 Å². The molecule has 1 atom stereocenters. The van der Waals surface area contributed by atoms with Gasteiger partial charge in [-0.25, -0.2) is 4.39 Å². The van der Waals surface area contributed by atoms with Gasteiger partial charge in [-0.3, -0.25) is 14.9 Å². The number of H-pyrrole nitrogens is 1. The minimum atomic E-state index is -0.264. The number of hydrogen-bond acceptors (Lipinski definition) is 4. The number of amides is 1. The van der Waals surface area contributed by atoms with Crippen molar-refractivity contribution in [1.82, 2.24) is 20.5 Å². The van der Waals surface area contributed by atoms with Crippen molar-refractivity contribution in [2.75, 3.05) is 18.0 Å². The Morgan fingerprint density at radius 2 is 2.08 bits per heavy atom. The topological polar surface area (TPSA) is 73.9 Å². The summed E-state index contributed by atoms with van der Waals surface area (Å²) in [5.74, 6) is 0.393. The Morgan fingerprint density at radius 1 is 1.23 bits per heavy atom. The Kier molecular flexibility index (Phi) is 4.35. The lowest BCUT2D eigenvalue weighted by Gasteiger charge is -2.15. The van der Waals surface area contributed by atoms with Gasteiger partial charge in [0, 0.05) is 31.4 Å². The number of pyridine rings is 1. The number of halogens is 1. The van der Waals surface area contributed by atoms with Crippen LogP contribution in [0.3, 0.4) is 0 Å². The van der Waals surface area contributed by atoms with E-state index in [-0.39, 0.29) is 17.8 Å².